The molecule has 1 saturated heterocycles. The quantitative estimate of drug-likeness (QED) is 0.403. The summed E-state index contributed by atoms with van der Waals surface area (Å²) in [6.45, 7) is 13.4. The van der Waals surface area contributed by atoms with Crippen molar-refractivity contribution in [2.24, 2.45) is 4.99 Å². The fourth-order valence-electron chi connectivity index (χ4n) is 2.81. The summed E-state index contributed by atoms with van der Waals surface area (Å²) in [5, 5.41) is 3.45. The molecule has 5 nitrogen and oxygen atoms in total. The first-order chi connectivity index (χ1) is 11.6. The standard InChI is InChI=1S/C19H33N5.HI/c1-5-20-19(21-11-12-22(4)17(2)3)24-15-13-23(14-16-24)18-9-7-6-8-10-18;/h6-10,17H,5,11-16H2,1-4H3,(H,20,21);1H. The monoisotopic (exact) mass is 459 g/mol. The van der Waals surface area contributed by atoms with Gasteiger partial charge in [0.05, 0.1) is 6.54 Å². The molecule has 0 aromatic heterocycles. The number of hydrogen-bond acceptors (Lipinski definition) is 3. The molecule has 1 fully saturated rings. The molecule has 142 valence electrons. The molecule has 0 amide bonds. The van der Waals surface area contributed by atoms with Gasteiger partial charge >= 0.3 is 0 Å². The second kappa shape index (κ2) is 11.6. The van der Waals surface area contributed by atoms with Gasteiger partial charge in [-0.1, -0.05) is 18.2 Å². The number of nitrogens with zero attached hydrogens (tertiary/aromatic N) is 4. The minimum atomic E-state index is 0. The van der Waals surface area contributed by atoms with E-state index in [1.807, 2.05) is 0 Å². The number of rotatable bonds is 6. The predicted molar refractivity (Wildman–Crippen MR) is 119 cm³/mol. The Kier molecular flexibility index (Phi) is 10.2. The van der Waals surface area contributed by atoms with Crippen LogP contribution in [0.25, 0.3) is 0 Å². The van der Waals surface area contributed by atoms with Crippen molar-refractivity contribution in [2.75, 3.05) is 57.8 Å². The zero-order valence-corrected chi connectivity index (χ0v) is 18.4. The number of piperazine rings is 1. The molecule has 1 aliphatic rings. The summed E-state index contributed by atoms with van der Waals surface area (Å²) in [6, 6.07) is 11.2. The molecule has 25 heavy (non-hydrogen) atoms. The van der Waals surface area contributed by atoms with Gasteiger partial charge in [0.2, 0.25) is 0 Å². The number of nitrogens with one attached hydrogen (secondary N) is 1. The number of hydrogen-bond donors (Lipinski definition) is 1. The lowest BCUT2D eigenvalue weighted by molar-refractivity contribution is 0.281. The second-order valence-electron chi connectivity index (χ2n) is 6.62. The van der Waals surface area contributed by atoms with Crippen molar-refractivity contribution in [1.82, 2.24) is 15.1 Å². The van der Waals surface area contributed by atoms with Gasteiger partial charge in [0.1, 0.15) is 0 Å². The maximum atomic E-state index is 4.83. The Bertz CT molecular complexity index is 498. The van der Waals surface area contributed by atoms with E-state index in [2.05, 4.69) is 78.2 Å². The topological polar surface area (TPSA) is 34.1 Å². The molecule has 1 aliphatic heterocycles. The molecule has 1 N–H and O–H groups in total. The van der Waals surface area contributed by atoms with Crippen molar-refractivity contribution in [2.45, 2.75) is 26.8 Å². The summed E-state index contributed by atoms with van der Waals surface area (Å²) in [5.74, 6) is 1.06. The van der Waals surface area contributed by atoms with E-state index in [0.29, 0.717) is 6.04 Å². The van der Waals surface area contributed by atoms with E-state index in [1.165, 1.54) is 5.69 Å². The number of para-hydroxylation sites is 1. The van der Waals surface area contributed by atoms with Crippen LogP contribution in [0.2, 0.25) is 0 Å². The summed E-state index contributed by atoms with van der Waals surface area (Å²) < 4.78 is 0. The van der Waals surface area contributed by atoms with E-state index in [9.17, 15) is 0 Å². The molecule has 1 heterocycles. The fourth-order valence-corrected chi connectivity index (χ4v) is 2.81. The smallest absolute Gasteiger partial charge is 0.194 e. The lowest BCUT2D eigenvalue weighted by atomic mass is 10.2. The minimum absolute atomic E-state index is 0. The molecule has 1 aromatic carbocycles. The van der Waals surface area contributed by atoms with Gasteiger partial charge in [-0.05, 0) is 40.0 Å². The van der Waals surface area contributed by atoms with Crippen molar-refractivity contribution in [3.8, 4) is 0 Å². The first-order valence-electron chi connectivity index (χ1n) is 9.15. The first-order valence-corrected chi connectivity index (χ1v) is 9.15. The maximum absolute atomic E-state index is 4.83. The molecule has 0 spiro atoms. The lowest BCUT2D eigenvalue weighted by Gasteiger charge is -2.37. The zero-order chi connectivity index (χ0) is 17.4. The number of guanidine groups is 1. The van der Waals surface area contributed by atoms with Gasteiger partial charge in [0.25, 0.3) is 0 Å². The van der Waals surface area contributed by atoms with E-state index in [-0.39, 0.29) is 24.0 Å². The van der Waals surface area contributed by atoms with Gasteiger partial charge in [-0.2, -0.15) is 0 Å². The van der Waals surface area contributed by atoms with E-state index in [4.69, 9.17) is 4.99 Å². The number of anilines is 1. The minimum Gasteiger partial charge on any atom is -0.368 e. The van der Waals surface area contributed by atoms with E-state index < -0.39 is 0 Å². The number of likely N-dealkylation sites (N-methyl/N-ethyl adjacent to an activating group) is 1. The van der Waals surface area contributed by atoms with Gasteiger partial charge in [-0.25, -0.2) is 0 Å². The third-order valence-corrected chi connectivity index (χ3v) is 4.63. The third-order valence-electron chi connectivity index (χ3n) is 4.63. The van der Waals surface area contributed by atoms with E-state index >= 15 is 0 Å². The average molecular weight is 459 g/mol. The van der Waals surface area contributed by atoms with E-state index in [0.717, 1.165) is 51.8 Å². The van der Waals surface area contributed by atoms with Crippen LogP contribution in [0.4, 0.5) is 5.69 Å². The molecule has 0 radical (unpaired) electrons. The summed E-state index contributed by atoms with van der Waals surface area (Å²) in [4.78, 5) is 12.0. The lowest BCUT2D eigenvalue weighted by Crippen LogP contribution is -2.52. The predicted octanol–water partition coefficient (Wildman–Crippen LogP) is 2.73. The van der Waals surface area contributed by atoms with Gasteiger partial charge in [-0.3, -0.25) is 4.99 Å². The number of benzene rings is 1. The van der Waals surface area contributed by atoms with Gasteiger partial charge < -0.3 is 20.0 Å². The third kappa shape index (κ3) is 7.01. The van der Waals surface area contributed by atoms with Crippen LogP contribution in [-0.2, 0) is 0 Å². The number of aliphatic imine (C=N–C) groups is 1. The van der Waals surface area contributed by atoms with Gasteiger partial charge in [0, 0.05) is 51.0 Å². The summed E-state index contributed by atoms with van der Waals surface area (Å²) >= 11 is 0. The Labute approximate surface area is 170 Å². The first kappa shape index (κ1) is 22.0. The molecule has 2 rings (SSSR count). The summed E-state index contributed by atoms with van der Waals surface area (Å²) in [6.07, 6.45) is 0. The van der Waals surface area contributed by atoms with Crippen LogP contribution in [0, 0.1) is 0 Å². The van der Waals surface area contributed by atoms with Crippen molar-refractivity contribution in [3.05, 3.63) is 30.3 Å². The molecule has 0 saturated carbocycles. The Morgan fingerprint density at radius 1 is 1.16 bits per heavy atom. The Hall–Kier alpha value is -1.02. The number of halogens is 1. The van der Waals surface area contributed by atoms with E-state index in [1.54, 1.807) is 0 Å². The maximum Gasteiger partial charge on any atom is 0.194 e. The zero-order valence-electron chi connectivity index (χ0n) is 16.1. The summed E-state index contributed by atoms with van der Waals surface area (Å²) in [5.41, 5.74) is 1.32. The molecular formula is C19H34IN5. The highest BCUT2D eigenvalue weighted by Crippen LogP contribution is 2.15. The molecular weight excluding hydrogens is 425 g/mol. The normalized spacial score (nSPS) is 15.5. The molecule has 0 aliphatic carbocycles. The van der Waals surface area contributed by atoms with Crippen LogP contribution in [-0.4, -0.2) is 74.7 Å². The van der Waals surface area contributed by atoms with Crippen molar-refractivity contribution >= 4 is 35.6 Å². The Morgan fingerprint density at radius 2 is 1.80 bits per heavy atom. The van der Waals surface area contributed by atoms with Crippen molar-refractivity contribution in [3.63, 3.8) is 0 Å². The SMILES string of the molecule is CCNC(=NCCN(C)C(C)C)N1CCN(c2ccccc2)CC1.I. The molecule has 1 aromatic rings. The largest absolute Gasteiger partial charge is 0.368 e. The van der Waals surface area contributed by atoms with Crippen LogP contribution >= 0.6 is 24.0 Å². The van der Waals surface area contributed by atoms with Crippen LogP contribution in [0.15, 0.2) is 35.3 Å². The highest BCUT2D eigenvalue weighted by Gasteiger charge is 2.19. The Morgan fingerprint density at radius 3 is 2.36 bits per heavy atom. The van der Waals surface area contributed by atoms with Gasteiger partial charge in [-0.15, -0.1) is 24.0 Å². The van der Waals surface area contributed by atoms with Crippen LogP contribution < -0.4 is 10.2 Å². The highest BCUT2D eigenvalue weighted by molar-refractivity contribution is 14.0. The molecule has 6 heteroatoms. The van der Waals surface area contributed by atoms with Crippen molar-refractivity contribution in [1.29, 1.82) is 0 Å². The molecule has 0 unspecified atom stereocenters. The second-order valence-corrected chi connectivity index (χ2v) is 6.62. The molecule has 0 bridgehead atoms. The van der Waals surface area contributed by atoms with Gasteiger partial charge in [0.15, 0.2) is 5.96 Å². The van der Waals surface area contributed by atoms with Crippen LogP contribution in [0.5, 0.6) is 0 Å². The molecule has 0 atom stereocenters. The summed E-state index contributed by atoms with van der Waals surface area (Å²) in [7, 11) is 2.16. The van der Waals surface area contributed by atoms with Crippen molar-refractivity contribution < 1.29 is 0 Å². The average Bonchev–Trinajstić information content (AvgIpc) is 2.61. The Balaban J connectivity index is 0.00000312. The van der Waals surface area contributed by atoms with Crippen LogP contribution in [0.3, 0.4) is 0 Å². The highest BCUT2D eigenvalue weighted by atomic mass is 127. The van der Waals surface area contributed by atoms with Crippen LogP contribution in [0.1, 0.15) is 20.8 Å². The fraction of sp³-hybridized carbons (Fsp3) is 0.632.